The topological polar surface area (TPSA) is 115 Å². The van der Waals surface area contributed by atoms with Crippen LogP contribution in [0, 0.1) is 0 Å². The van der Waals surface area contributed by atoms with E-state index in [0.717, 1.165) is 45.6 Å². The number of fused-ring (bicyclic) bond motifs is 1. The second-order valence-corrected chi connectivity index (χ2v) is 9.95. The number of likely N-dealkylation sites (N-methyl/N-ethyl adjacent to an activating group) is 1. The number of rotatable bonds is 13. The molecule has 0 amide bonds. The third kappa shape index (κ3) is 9.52. The zero-order chi connectivity index (χ0) is 25.9. The Morgan fingerprint density at radius 1 is 1.24 bits per heavy atom. The molecule has 0 aliphatic heterocycles. The highest BCUT2D eigenvalue weighted by Gasteiger charge is 2.09. The minimum absolute atomic E-state index is 0. The van der Waals surface area contributed by atoms with E-state index in [1.165, 1.54) is 23.6 Å². The van der Waals surface area contributed by atoms with Crippen LogP contribution in [0.4, 0.5) is 11.1 Å². The molecular weight excluding hydrogens is 523 g/mol. The summed E-state index contributed by atoms with van der Waals surface area (Å²) in [5, 5.41) is 3.78. The van der Waals surface area contributed by atoms with E-state index in [2.05, 4.69) is 33.8 Å². The molecule has 2 aromatic heterocycles. The van der Waals surface area contributed by atoms with Gasteiger partial charge in [0, 0.05) is 36.4 Å². The number of allylic oxidation sites excluding steroid dienone is 4. The summed E-state index contributed by atoms with van der Waals surface area (Å²) >= 11 is 2.78. The number of anilines is 2. The molecule has 0 bridgehead atoms. The van der Waals surface area contributed by atoms with Gasteiger partial charge in [-0.05, 0) is 62.2 Å². The van der Waals surface area contributed by atoms with Gasteiger partial charge in [-0.3, -0.25) is 8.49 Å². The van der Waals surface area contributed by atoms with Gasteiger partial charge in [0.15, 0.2) is 5.13 Å². The van der Waals surface area contributed by atoms with Gasteiger partial charge in [0.25, 0.3) is 0 Å². The lowest BCUT2D eigenvalue weighted by Gasteiger charge is -2.21. The molecule has 0 saturated heterocycles. The minimum atomic E-state index is 0. The van der Waals surface area contributed by atoms with Crippen molar-refractivity contribution in [1.29, 1.82) is 0 Å². The van der Waals surface area contributed by atoms with Crippen molar-refractivity contribution in [3.05, 3.63) is 77.9 Å². The molecule has 1 atom stereocenters. The van der Waals surface area contributed by atoms with E-state index in [-0.39, 0.29) is 19.6 Å². The Morgan fingerprint density at radius 2 is 1.97 bits per heavy atom. The summed E-state index contributed by atoms with van der Waals surface area (Å²) in [6, 6.07) is 6.08. The van der Waals surface area contributed by atoms with Gasteiger partial charge in [0.05, 0.1) is 16.3 Å². The number of nitrogens with two attached hydrogens (primary N) is 2. The van der Waals surface area contributed by atoms with E-state index in [1.54, 1.807) is 18.5 Å². The molecule has 0 saturated carbocycles. The fourth-order valence-corrected chi connectivity index (χ4v) is 4.57. The lowest BCUT2D eigenvalue weighted by molar-refractivity contribution is 0.219. The average Bonchev–Trinajstić information content (AvgIpc) is 3.25. The summed E-state index contributed by atoms with van der Waals surface area (Å²) in [6.07, 6.45) is 15.1. The summed E-state index contributed by atoms with van der Waals surface area (Å²) in [6.45, 7) is 8.56. The fourth-order valence-electron chi connectivity index (χ4n) is 3.15. The third-order valence-electron chi connectivity index (χ3n) is 5.19. The summed E-state index contributed by atoms with van der Waals surface area (Å²) in [7, 11) is 1.93. The first-order valence-electron chi connectivity index (χ1n) is 11.6. The van der Waals surface area contributed by atoms with Crippen LogP contribution in [0.2, 0.25) is 0 Å². The number of nitrogen functional groups attached to an aromatic ring is 1. The van der Waals surface area contributed by atoms with Crippen LogP contribution in [0.5, 0.6) is 0 Å². The van der Waals surface area contributed by atoms with E-state index in [4.69, 9.17) is 15.7 Å². The van der Waals surface area contributed by atoms with Gasteiger partial charge in [-0.25, -0.2) is 15.0 Å². The van der Waals surface area contributed by atoms with E-state index < -0.39 is 0 Å². The predicted octanol–water partition coefficient (Wildman–Crippen LogP) is 5.98. The summed E-state index contributed by atoms with van der Waals surface area (Å²) < 4.78 is 8.86. The fraction of sp³-hybridized carbons (Fsp3) is 0.269. The Kier molecular flexibility index (Phi) is 12.7. The Hall–Kier alpha value is -2.83. The molecule has 0 aliphatic rings. The van der Waals surface area contributed by atoms with E-state index in [0.29, 0.717) is 17.6 Å². The quantitative estimate of drug-likeness (QED) is 0.133. The Labute approximate surface area is 234 Å². The highest BCUT2D eigenvalue weighted by Crippen LogP contribution is 2.25. The van der Waals surface area contributed by atoms with Gasteiger partial charge >= 0.3 is 0 Å². The normalized spacial score (nSPS) is 13.0. The highest BCUT2D eigenvalue weighted by molar-refractivity contribution is 7.92. The lowest BCUT2D eigenvalue weighted by atomic mass is 10.2. The molecule has 3 aromatic rings. The van der Waals surface area contributed by atoms with Crippen molar-refractivity contribution in [1.82, 2.24) is 19.3 Å². The van der Waals surface area contributed by atoms with Crippen LogP contribution in [-0.4, -0.2) is 39.0 Å². The average molecular weight is 558 g/mol. The summed E-state index contributed by atoms with van der Waals surface area (Å²) in [4.78, 5) is 13.2. The van der Waals surface area contributed by atoms with Crippen LogP contribution in [0.15, 0.2) is 66.8 Å². The van der Waals surface area contributed by atoms with Crippen molar-refractivity contribution in [2.24, 2.45) is 5.73 Å². The second-order valence-electron chi connectivity index (χ2n) is 8.00. The van der Waals surface area contributed by atoms with Gasteiger partial charge in [-0.2, -0.15) is 13.5 Å². The number of benzene rings is 1. The zero-order valence-corrected chi connectivity index (χ0v) is 24.0. The molecule has 198 valence electrons. The maximum Gasteiger partial charge on any atom is 0.226 e. The van der Waals surface area contributed by atoms with Crippen LogP contribution < -0.4 is 16.8 Å². The standard InChI is InChI=1S/C26H33N7OS2.H2S/c1-5-21(33(4)36-34-22(6-2)13-14-27)11-7-18(3)31-26-29-16-20(17-30-26)9-8-19-10-12-24-23(15-19)32-25(28)35-24;/h5,7-12,15-17,22H,1,6,13-14,27H2,2-4H3,(H2,28,32)(H,29,30,31);1H2/b9-8+,18-7+,21-11+;. The van der Waals surface area contributed by atoms with Crippen LogP contribution in [0.3, 0.4) is 0 Å². The number of nitrogens with one attached hydrogen (secondary N) is 1. The van der Waals surface area contributed by atoms with Crippen LogP contribution >= 0.6 is 37.1 Å². The van der Waals surface area contributed by atoms with Gasteiger partial charge in [0.2, 0.25) is 5.95 Å². The highest BCUT2D eigenvalue weighted by atomic mass is 32.2. The van der Waals surface area contributed by atoms with Crippen LogP contribution in [0.25, 0.3) is 22.4 Å². The van der Waals surface area contributed by atoms with Crippen molar-refractivity contribution >= 4 is 70.5 Å². The molecule has 1 unspecified atom stereocenters. The van der Waals surface area contributed by atoms with Crippen LogP contribution in [-0.2, 0) is 4.18 Å². The molecule has 11 heteroatoms. The maximum atomic E-state index is 5.86. The van der Waals surface area contributed by atoms with Gasteiger partial charge in [-0.1, -0.05) is 43.1 Å². The number of nitrogens with zero attached hydrogens (tertiary/aromatic N) is 4. The number of thiazole rings is 1. The number of hydrogen-bond donors (Lipinski definition) is 3. The van der Waals surface area contributed by atoms with Crippen molar-refractivity contribution in [3.8, 4) is 0 Å². The lowest BCUT2D eigenvalue weighted by Crippen LogP contribution is -2.17. The Balaban J connectivity index is 0.00000481. The molecule has 0 fully saturated rings. The Morgan fingerprint density at radius 3 is 2.65 bits per heavy atom. The molecule has 2 heterocycles. The molecule has 5 N–H and O–H groups in total. The second kappa shape index (κ2) is 15.4. The molecule has 8 nitrogen and oxygen atoms in total. The van der Waals surface area contributed by atoms with E-state index in [9.17, 15) is 0 Å². The number of aromatic nitrogens is 3. The summed E-state index contributed by atoms with van der Waals surface area (Å²) in [5.41, 5.74) is 16.1. The first kappa shape index (κ1) is 30.4. The molecule has 1 aromatic carbocycles. The first-order chi connectivity index (χ1) is 17.4. The van der Waals surface area contributed by atoms with Gasteiger partial charge < -0.3 is 16.8 Å². The summed E-state index contributed by atoms with van der Waals surface area (Å²) in [5.74, 6) is 0.521. The largest absolute Gasteiger partial charge is 0.375 e. The van der Waals surface area contributed by atoms with Crippen molar-refractivity contribution < 1.29 is 4.18 Å². The first-order valence-corrected chi connectivity index (χ1v) is 13.1. The van der Waals surface area contributed by atoms with Gasteiger partial charge in [0.1, 0.15) is 12.2 Å². The molecule has 0 aliphatic carbocycles. The van der Waals surface area contributed by atoms with E-state index >= 15 is 0 Å². The zero-order valence-electron chi connectivity index (χ0n) is 21.3. The van der Waals surface area contributed by atoms with Crippen molar-refractivity contribution in [3.63, 3.8) is 0 Å². The minimum Gasteiger partial charge on any atom is -0.375 e. The van der Waals surface area contributed by atoms with E-state index in [1.807, 2.05) is 60.8 Å². The number of hydrogen-bond acceptors (Lipinski definition) is 10. The maximum absolute atomic E-state index is 5.86. The molecule has 37 heavy (non-hydrogen) atoms. The smallest absolute Gasteiger partial charge is 0.226 e. The predicted molar refractivity (Wildman–Crippen MR) is 165 cm³/mol. The van der Waals surface area contributed by atoms with Gasteiger partial charge in [-0.15, -0.1) is 0 Å². The monoisotopic (exact) mass is 557 g/mol. The SMILES string of the molecule is C=C/C(=C\C=C(/C)Nc1ncc(/C=C/c2ccc3sc(N)nc3c2)cn1)N(C)SOC(CC)CCN.S. The van der Waals surface area contributed by atoms with Crippen LogP contribution in [0.1, 0.15) is 37.8 Å². The molecular formula is C26H35N7OS3. The molecule has 0 radical (unpaired) electrons. The van der Waals surface area contributed by atoms with Crippen molar-refractivity contribution in [2.45, 2.75) is 32.8 Å². The Bertz CT molecular complexity index is 1240. The third-order valence-corrected chi connectivity index (χ3v) is 6.85. The molecule has 3 rings (SSSR count). The molecule has 0 spiro atoms. The van der Waals surface area contributed by atoms with Crippen molar-refractivity contribution in [2.75, 3.05) is 24.6 Å².